The number of hydrogen-bond acceptors (Lipinski definition) is 9. The van der Waals surface area contributed by atoms with E-state index in [9.17, 15) is 32.7 Å². The van der Waals surface area contributed by atoms with Crippen molar-refractivity contribution in [2.45, 2.75) is 70.7 Å². The molecule has 0 bridgehead atoms. The lowest BCUT2D eigenvalue weighted by atomic mass is 9.97. The molecule has 1 aliphatic rings. The van der Waals surface area contributed by atoms with E-state index in [0.717, 1.165) is 10.5 Å². The molecule has 3 aromatic rings. The van der Waals surface area contributed by atoms with E-state index >= 15 is 0 Å². The summed E-state index contributed by atoms with van der Waals surface area (Å²) in [4.78, 5) is 55.1. The van der Waals surface area contributed by atoms with Gasteiger partial charge in [0.05, 0.1) is 29.8 Å². The number of ketones is 1. The number of sulfonamides is 1. The van der Waals surface area contributed by atoms with Crippen LogP contribution in [-0.4, -0.2) is 101 Å². The third-order valence-electron chi connectivity index (χ3n) is 8.77. The number of carbonyl (C=O) groups excluding carboxylic acids is 4. The van der Waals surface area contributed by atoms with Crippen LogP contribution in [0.1, 0.15) is 61.7 Å². The van der Waals surface area contributed by atoms with Crippen LogP contribution in [0, 0.1) is 11.8 Å². The molecule has 52 heavy (non-hydrogen) atoms. The van der Waals surface area contributed by atoms with Gasteiger partial charge in [0.2, 0.25) is 15.9 Å². The van der Waals surface area contributed by atoms with Gasteiger partial charge in [-0.3, -0.25) is 19.3 Å². The highest BCUT2D eigenvalue weighted by Gasteiger charge is 2.44. The van der Waals surface area contributed by atoms with E-state index in [1.54, 1.807) is 38.1 Å². The maximum atomic E-state index is 14.1. The molecule has 0 aliphatic carbocycles. The van der Waals surface area contributed by atoms with Gasteiger partial charge in [0, 0.05) is 18.7 Å². The molecule has 0 aromatic heterocycles. The van der Waals surface area contributed by atoms with E-state index in [0.29, 0.717) is 16.7 Å². The molecule has 3 atom stereocenters. The summed E-state index contributed by atoms with van der Waals surface area (Å²) < 4.78 is 28.9. The SMILES string of the molecule is CC(=O)c1cccc(CN2C(=O)CN([C@@H](C(=O)N[C@@H](Cc3ccccc3)C(O)CN(CC(C)C)S(=O)(=O)c3ccc(/C=N/O)cc3)C(C)C)C2=O)c1. The number of oxime groups is 1. The van der Waals surface area contributed by atoms with Gasteiger partial charge in [-0.1, -0.05) is 93.5 Å². The lowest BCUT2D eigenvalue weighted by molar-refractivity contribution is -0.129. The van der Waals surface area contributed by atoms with Crippen molar-refractivity contribution in [3.05, 3.63) is 101 Å². The highest BCUT2D eigenvalue weighted by Crippen LogP contribution is 2.24. The third kappa shape index (κ3) is 9.90. The van der Waals surface area contributed by atoms with Crippen molar-refractivity contribution in [2.75, 3.05) is 19.6 Å². The number of aliphatic hydroxyl groups is 1. The van der Waals surface area contributed by atoms with Gasteiger partial charge in [-0.2, -0.15) is 4.31 Å². The average molecular weight is 734 g/mol. The molecule has 1 fully saturated rings. The first-order chi connectivity index (χ1) is 24.6. The Morgan fingerprint density at radius 1 is 0.942 bits per heavy atom. The molecule has 1 unspecified atom stereocenters. The fraction of sp³-hybridized carbons (Fsp3) is 0.395. The maximum absolute atomic E-state index is 14.1. The number of benzene rings is 3. The van der Waals surface area contributed by atoms with Crippen LogP contribution in [0.2, 0.25) is 0 Å². The minimum Gasteiger partial charge on any atom is -0.411 e. The highest BCUT2D eigenvalue weighted by molar-refractivity contribution is 7.89. The first-order valence-electron chi connectivity index (χ1n) is 17.1. The minimum absolute atomic E-state index is 0.0197. The molecule has 3 N–H and O–H groups in total. The second kappa shape index (κ2) is 17.5. The first-order valence-corrected chi connectivity index (χ1v) is 18.6. The van der Waals surface area contributed by atoms with Gasteiger partial charge in [0.25, 0.3) is 5.91 Å². The molecule has 0 spiro atoms. The van der Waals surface area contributed by atoms with Gasteiger partial charge >= 0.3 is 6.03 Å². The minimum atomic E-state index is -4.11. The van der Waals surface area contributed by atoms with Crippen LogP contribution in [0.3, 0.4) is 0 Å². The second-order valence-electron chi connectivity index (χ2n) is 13.7. The summed E-state index contributed by atoms with van der Waals surface area (Å²) in [6.07, 6.45) is -0.0630. The summed E-state index contributed by atoms with van der Waals surface area (Å²) in [5.74, 6) is -1.80. The predicted octanol–water partition coefficient (Wildman–Crippen LogP) is 3.92. The smallest absolute Gasteiger partial charge is 0.328 e. The molecular weight excluding hydrogens is 687 g/mol. The quantitative estimate of drug-likeness (QED) is 0.0615. The molecule has 0 radical (unpaired) electrons. The average Bonchev–Trinajstić information content (AvgIpc) is 3.36. The van der Waals surface area contributed by atoms with E-state index in [2.05, 4.69) is 10.5 Å². The van der Waals surface area contributed by atoms with Crippen LogP contribution < -0.4 is 5.32 Å². The van der Waals surface area contributed by atoms with Crippen LogP contribution in [0.25, 0.3) is 0 Å². The number of carbonyl (C=O) groups is 4. The fourth-order valence-corrected chi connectivity index (χ4v) is 7.81. The predicted molar refractivity (Wildman–Crippen MR) is 195 cm³/mol. The zero-order valence-electron chi connectivity index (χ0n) is 30.0. The molecule has 4 rings (SSSR count). The molecular formula is C38H47N5O8S. The maximum Gasteiger partial charge on any atom is 0.328 e. The Morgan fingerprint density at radius 2 is 1.60 bits per heavy atom. The van der Waals surface area contributed by atoms with Gasteiger partial charge in [-0.05, 0) is 60.1 Å². The number of urea groups is 1. The van der Waals surface area contributed by atoms with Crippen molar-refractivity contribution >= 4 is 39.9 Å². The number of rotatable bonds is 17. The normalized spacial score (nSPS) is 15.6. The highest BCUT2D eigenvalue weighted by atomic mass is 32.2. The van der Waals surface area contributed by atoms with Crippen molar-refractivity contribution in [1.82, 2.24) is 19.4 Å². The Labute approximate surface area is 305 Å². The molecule has 3 aromatic carbocycles. The third-order valence-corrected chi connectivity index (χ3v) is 10.6. The summed E-state index contributed by atoms with van der Waals surface area (Å²) in [7, 11) is -4.11. The van der Waals surface area contributed by atoms with E-state index in [4.69, 9.17) is 5.21 Å². The Morgan fingerprint density at radius 3 is 2.19 bits per heavy atom. The number of nitrogens with zero attached hydrogens (tertiary/aromatic N) is 4. The Kier molecular flexibility index (Phi) is 13.4. The summed E-state index contributed by atoms with van der Waals surface area (Å²) >= 11 is 0. The number of amides is 4. The molecule has 13 nitrogen and oxygen atoms in total. The lowest BCUT2D eigenvalue weighted by Crippen LogP contribution is -2.57. The van der Waals surface area contributed by atoms with Crippen LogP contribution in [0.15, 0.2) is 88.9 Å². The van der Waals surface area contributed by atoms with Gasteiger partial charge in [-0.15, -0.1) is 0 Å². The topological polar surface area (TPSA) is 177 Å². The van der Waals surface area contributed by atoms with Gasteiger partial charge in [-0.25, -0.2) is 13.2 Å². The molecule has 4 amide bonds. The second-order valence-corrected chi connectivity index (χ2v) is 15.7. The zero-order valence-corrected chi connectivity index (χ0v) is 30.9. The monoisotopic (exact) mass is 733 g/mol. The van der Waals surface area contributed by atoms with Gasteiger partial charge in [0.1, 0.15) is 12.6 Å². The largest absolute Gasteiger partial charge is 0.411 e. The molecule has 278 valence electrons. The Balaban J connectivity index is 1.59. The van der Waals surface area contributed by atoms with Crippen LogP contribution in [-0.2, 0) is 32.6 Å². The lowest BCUT2D eigenvalue weighted by Gasteiger charge is -2.34. The van der Waals surface area contributed by atoms with E-state index in [1.165, 1.54) is 46.6 Å². The summed E-state index contributed by atoms with van der Waals surface area (Å²) in [6, 6.07) is 18.8. The van der Waals surface area contributed by atoms with Gasteiger partial charge < -0.3 is 20.5 Å². The number of Topliss-reactive ketones (excluding diaryl/α,β-unsaturated/α-hetero) is 1. The first kappa shape index (κ1) is 39.9. The number of hydrogen-bond donors (Lipinski definition) is 3. The fourth-order valence-electron chi connectivity index (χ4n) is 6.18. The van der Waals surface area contributed by atoms with Crippen molar-refractivity contribution in [3.63, 3.8) is 0 Å². The van der Waals surface area contributed by atoms with Crippen molar-refractivity contribution < 1.29 is 37.9 Å². The Hall–Kier alpha value is -4.92. The number of imide groups is 1. The van der Waals surface area contributed by atoms with Crippen molar-refractivity contribution in [1.29, 1.82) is 0 Å². The molecule has 1 saturated heterocycles. The van der Waals surface area contributed by atoms with E-state index < -0.39 is 52.0 Å². The van der Waals surface area contributed by atoms with E-state index in [-0.39, 0.29) is 49.2 Å². The number of nitrogens with one attached hydrogen (secondary N) is 1. The van der Waals surface area contributed by atoms with Crippen LogP contribution in [0.5, 0.6) is 0 Å². The standard InChI is InChI=1S/C38H47N5O8S/c1-25(2)21-41(52(50,51)32-16-14-29(15-17-32)20-39-49)23-34(45)33(19-28-10-7-6-8-11-28)40-37(47)36(26(3)4)43-24-35(46)42(38(43)48)22-30-12-9-13-31(18-30)27(5)44/h6-18,20,25-26,33-34,36,45,49H,19,21-24H2,1-5H3,(H,40,47)/b39-20+/t33-,34?,36+/m0/s1. The van der Waals surface area contributed by atoms with Crippen molar-refractivity contribution in [2.24, 2.45) is 17.0 Å². The molecule has 0 saturated carbocycles. The summed E-state index contributed by atoms with van der Waals surface area (Å²) in [5.41, 5.74) is 2.30. The Bertz CT molecular complexity index is 1870. The van der Waals surface area contributed by atoms with Crippen molar-refractivity contribution in [3.8, 4) is 0 Å². The van der Waals surface area contributed by atoms with Crippen LogP contribution in [0.4, 0.5) is 4.79 Å². The molecule has 14 heteroatoms. The summed E-state index contributed by atoms with van der Waals surface area (Å²) in [5, 5.41) is 26.5. The van der Waals surface area contributed by atoms with Crippen LogP contribution >= 0.6 is 0 Å². The van der Waals surface area contributed by atoms with Gasteiger partial charge in [0.15, 0.2) is 5.78 Å². The number of aliphatic hydroxyl groups excluding tert-OH is 1. The molecule has 1 heterocycles. The zero-order chi connectivity index (χ0) is 38.2. The van der Waals surface area contributed by atoms with E-state index in [1.807, 2.05) is 44.2 Å². The summed E-state index contributed by atoms with van der Waals surface area (Å²) in [6.45, 7) is 7.95. The molecule has 1 aliphatic heterocycles.